The number of nitrogens with zero attached hydrogens (tertiary/aromatic N) is 1. The van der Waals surface area contributed by atoms with Gasteiger partial charge in [0.15, 0.2) is 0 Å². The highest BCUT2D eigenvalue weighted by molar-refractivity contribution is 5.10. The Morgan fingerprint density at radius 1 is 1.06 bits per heavy atom. The molecule has 1 aliphatic carbocycles. The van der Waals surface area contributed by atoms with Crippen molar-refractivity contribution in [1.29, 1.82) is 0 Å². The number of hydrogen-bond donors (Lipinski definition) is 2. The fourth-order valence-electron chi connectivity index (χ4n) is 3.30. The van der Waals surface area contributed by atoms with E-state index in [1.54, 1.807) is 0 Å². The van der Waals surface area contributed by atoms with Crippen LogP contribution in [0.15, 0.2) is 24.4 Å². The Morgan fingerprint density at radius 3 is 2.61 bits per heavy atom. The molecule has 0 bridgehead atoms. The molecule has 1 aromatic rings. The van der Waals surface area contributed by atoms with Crippen molar-refractivity contribution in [2.24, 2.45) is 0 Å². The highest BCUT2D eigenvalue weighted by Gasteiger charge is 2.25. The molecule has 1 aliphatic heterocycles. The molecule has 0 radical (unpaired) electrons. The van der Waals surface area contributed by atoms with Crippen molar-refractivity contribution in [3.8, 4) is 0 Å². The molecular formula is C15H23N3. The Bertz CT molecular complexity index is 351. The minimum Gasteiger partial charge on any atom is -0.315 e. The van der Waals surface area contributed by atoms with Gasteiger partial charge in [0.2, 0.25) is 0 Å². The van der Waals surface area contributed by atoms with E-state index in [9.17, 15) is 0 Å². The minimum atomic E-state index is 0.686. The average Bonchev–Trinajstić information content (AvgIpc) is 2.94. The van der Waals surface area contributed by atoms with E-state index >= 15 is 0 Å². The number of pyridine rings is 1. The first-order valence-corrected chi connectivity index (χ1v) is 7.29. The SMILES string of the molecule is c1ccc(C2CCC(N[C@@H]3CCNC3)CC2)nc1. The quantitative estimate of drug-likeness (QED) is 0.856. The van der Waals surface area contributed by atoms with Crippen molar-refractivity contribution in [2.75, 3.05) is 13.1 Å². The average molecular weight is 245 g/mol. The van der Waals surface area contributed by atoms with Crippen molar-refractivity contribution in [3.05, 3.63) is 30.1 Å². The lowest BCUT2D eigenvalue weighted by Crippen LogP contribution is -2.41. The van der Waals surface area contributed by atoms with E-state index in [-0.39, 0.29) is 0 Å². The second-order valence-corrected chi connectivity index (χ2v) is 5.66. The molecule has 98 valence electrons. The maximum absolute atomic E-state index is 4.50. The van der Waals surface area contributed by atoms with Gasteiger partial charge in [-0.05, 0) is 50.8 Å². The first-order chi connectivity index (χ1) is 8.92. The molecule has 0 spiro atoms. The van der Waals surface area contributed by atoms with Gasteiger partial charge in [0.25, 0.3) is 0 Å². The Labute approximate surface area is 109 Å². The molecule has 1 saturated heterocycles. The summed E-state index contributed by atoms with van der Waals surface area (Å²) < 4.78 is 0. The molecule has 3 heteroatoms. The fraction of sp³-hybridized carbons (Fsp3) is 0.667. The van der Waals surface area contributed by atoms with E-state index in [1.165, 1.54) is 44.3 Å². The van der Waals surface area contributed by atoms with Crippen LogP contribution in [0.2, 0.25) is 0 Å². The van der Waals surface area contributed by atoms with Gasteiger partial charge in [0, 0.05) is 36.4 Å². The molecule has 0 aromatic carbocycles. The van der Waals surface area contributed by atoms with Crippen LogP contribution in [0.4, 0.5) is 0 Å². The lowest BCUT2D eigenvalue weighted by atomic mass is 9.83. The predicted octanol–water partition coefficient (Wildman–Crippen LogP) is 2.06. The monoisotopic (exact) mass is 245 g/mol. The van der Waals surface area contributed by atoms with Crippen LogP contribution in [0, 0.1) is 0 Å². The summed E-state index contributed by atoms with van der Waals surface area (Å²) in [4.78, 5) is 4.50. The van der Waals surface area contributed by atoms with Gasteiger partial charge in [-0.25, -0.2) is 0 Å². The number of nitrogens with one attached hydrogen (secondary N) is 2. The second-order valence-electron chi connectivity index (χ2n) is 5.66. The lowest BCUT2D eigenvalue weighted by molar-refractivity contribution is 0.317. The van der Waals surface area contributed by atoms with Gasteiger partial charge in [-0.1, -0.05) is 6.07 Å². The van der Waals surface area contributed by atoms with Gasteiger partial charge in [-0.3, -0.25) is 4.98 Å². The van der Waals surface area contributed by atoms with Crippen LogP contribution in [0.5, 0.6) is 0 Å². The summed E-state index contributed by atoms with van der Waals surface area (Å²) in [7, 11) is 0. The van der Waals surface area contributed by atoms with E-state index in [4.69, 9.17) is 0 Å². The molecule has 2 N–H and O–H groups in total. The summed E-state index contributed by atoms with van der Waals surface area (Å²) in [6.07, 6.45) is 8.39. The Morgan fingerprint density at radius 2 is 1.94 bits per heavy atom. The molecule has 1 atom stereocenters. The molecule has 2 aliphatic rings. The standard InChI is InChI=1S/C15H23N3/c1-2-9-17-15(3-1)12-4-6-13(7-5-12)18-14-8-10-16-11-14/h1-3,9,12-14,16,18H,4-8,10-11H2/t12?,13?,14-/m1/s1. The highest BCUT2D eigenvalue weighted by atomic mass is 15.0. The normalized spacial score (nSPS) is 32.6. The molecule has 1 aromatic heterocycles. The zero-order valence-corrected chi connectivity index (χ0v) is 10.9. The largest absolute Gasteiger partial charge is 0.315 e. The van der Waals surface area contributed by atoms with Crippen molar-refractivity contribution in [1.82, 2.24) is 15.6 Å². The van der Waals surface area contributed by atoms with E-state index in [1.807, 2.05) is 12.3 Å². The highest BCUT2D eigenvalue weighted by Crippen LogP contribution is 2.31. The molecule has 0 amide bonds. The number of hydrogen-bond acceptors (Lipinski definition) is 3. The van der Waals surface area contributed by atoms with Gasteiger partial charge >= 0.3 is 0 Å². The molecule has 2 fully saturated rings. The predicted molar refractivity (Wildman–Crippen MR) is 73.6 cm³/mol. The topological polar surface area (TPSA) is 37.0 Å². The van der Waals surface area contributed by atoms with E-state index in [0.717, 1.165) is 12.6 Å². The van der Waals surface area contributed by atoms with Gasteiger partial charge in [0.05, 0.1) is 0 Å². The third kappa shape index (κ3) is 2.90. The summed E-state index contributed by atoms with van der Waals surface area (Å²) in [6, 6.07) is 7.73. The molecule has 3 rings (SSSR count). The Balaban J connectivity index is 1.49. The molecule has 18 heavy (non-hydrogen) atoms. The van der Waals surface area contributed by atoms with Crippen LogP contribution in [0.3, 0.4) is 0 Å². The Kier molecular flexibility index (Phi) is 3.91. The smallest absolute Gasteiger partial charge is 0.0434 e. The summed E-state index contributed by atoms with van der Waals surface area (Å²) >= 11 is 0. The molecular weight excluding hydrogens is 222 g/mol. The van der Waals surface area contributed by atoms with Gasteiger partial charge in [-0.15, -0.1) is 0 Å². The molecule has 0 unspecified atom stereocenters. The first-order valence-electron chi connectivity index (χ1n) is 7.29. The van der Waals surface area contributed by atoms with E-state index < -0.39 is 0 Å². The van der Waals surface area contributed by atoms with Crippen LogP contribution in [-0.4, -0.2) is 30.2 Å². The van der Waals surface area contributed by atoms with E-state index in [0.29, 0.717) is 12.0 Å². The van der Waals surface area contributed by atoms with Gasteiger partial charge in [-0.2, -0.15) is 0 Å². The van der Waals surface area contributed by atoms with Gasteiger partial charge in [0.1, 0.15) is 0 Å². The first kappa shape index (κ1) is 12.1. The number of rotatable bonds is 3. The fourth-order valence-corrected chi connectivity index (χ4v) is 3.30. The van der Waals surface area contributed by atoms with Crippen molar-refractivity contribution >= 4 is 0 Å². The summed E-state index contributed by atoms with van der Waals surface area (Å²) in [6.45, 7) is 2.33. The van der Waals surface area contributed by atoms with Crippen molar-refractivity contribution < 1.29 is 0 Å². The second kappa shape index (κ2) is 5.81. The molecule has 1 saturated carbocycles. The van der Waals surface area contributed by atoms with Crippen molar-refractivity contribution in [2.45, 2.75) is 50.1 Å². The van der Waals surface area contributed by atoms with Crippen LogP contribution < -0.4 is 10.6 Å². The van der Waals surface area contributed by atoms with E-state index in [2.05, 4.69) is 27.8 Å². The maximum Gasteiger partial charge on any atom is 0.0434 e. The third-order valence-corrected chi connectivity index (χ3v) is 4.36. The third-order valence-electron chi connectivity index (χ3n) is 4.36. The summed E-state index contributed by atoms with van der Waals surface area (Å²) in [5.41, 5.74) is 1.29. The van der Waals surface area contributed by atoms with Gasteiger partial charge < -0.3 is 10.6 Å². The zero-order valence-electron chi connectivity index (χ0n) is 10.9. The number of aromatic nitrogens is 1. The zero-order chi connectivity index (χ0) is 12.2. The molecule has 3 nitrogen and oxygen atoms in total. The van der Waals surface area contributed by atoms with Crippen LogP contribution in [0.1, 0.15) is 43.7 Å². The van der Waals surface area contributed by atoms with Crippen LogP contribution in [-0.2, 0) is 0 Å². The lowest BCUT2D eigenvalue weighted by Gasteiger charge is -2.30. The summed E-state index contributed by atoms with van der Waals surface area (Å²) in [5.74, 6) is 0.686. The minimum absolute atomic E-state index is 0.686. The summed E-state index contributed by atoms with van der Waals surface area (Å²) in [5, 5.41) is 7.23. The molecule has 2 heterocycles. The van der Waals surface area contributed by atoms with Crippen molar-refractivity contribution in [3.63, 3.8) is 0 Å². The maximum atomic E-state index is 4.50. The van der Waals surface area contributed by atoms with Crippen LogP contribution >= 0.6 is 0 Å². The van der Waals surface area contributed by atoms with Crippen LogP contribution in [0.25, 0.3) is 0 Å². The Hall–Kier alpha value is -0.930.